The average Bonchev–Trinajstić information content (AvgIpc) is 2.76. The van der Waals surface area contributed by atoms with Gasteiger partial charge in [0.05, 0.1) is 0 Å². The van der Waals surface area contributed by atoms with Crippen LogP contribution in [0.2, 0.25) is 0 Å². The molecule has 0 unspecified atom stereocenters. The number of aliphatic imine (C=N–C) groups is 2. The maximum atomic E-state index is 12.7. The number of thioether (sulfide) groups is 1. The molecule has 2 nitrogen and oxygen atoms in total. The Morgan fingerprint density at radius 1 is 1.29 bits per heavy atom. The molecule has 0 spiro atoms. The molecule has 0 saturated heterocycles. The Bertz CT molecular complexity index is 585. The van der Waals surface area contributed by atoms with E-state index in [-0.39, 0.29) is 12.2 Å². The number of amidine groups is 1. The molecule has 1 aromatic rings. The van der Waals surface area contributed by atoms with Gasteiger partial charge < -0.3 is 0 Å². The van der Waals surface area contributed by atoms with Crippen molar-refractivity contribution < 1.29 is 13.2 Å². The van der Waals surface area contributed by atoms with Crippen molar-refractivity contribution >= 4 is 34.0 Å². The molecule has 0 aromatic carbocycles. The van der Waals surface area contributed by atoms with Gasteiger partial charge in [-0.2, -0.15) is 8.78 Å². The van der Waals surface area contributed by atoms with E-state index in [0.29, 0.717) is 5.17 Å². The lowest BCUT2D eigenvalue weighted by atomic mass is 10.2. The molecule has 0 amide bonds. The van der Waals surface area contributed by atoms with Crippen LogP contribution in [0.25, 0.3) is 0 Å². The molecule has 0 radical (unpaired) electrons. The number of nitrogens with zero attached hydrogens (tertiary/aromatic N) is 2. The topological polar surface area (TPSA) is 24.7 Å². The summed E-state index contributed by atoms with van der Waals surface area (Å²) >= 11 is 2.85. The predicted molar refractivity (Wildman–Crippen MR) is 86.8 cm³/mol. The maximum Gasteiger partial charge on any atom is 0.301 e. The second-order valence-corrected chi connectivity index (χ2v) is 6.82. The van der Waals surface area contributed by atoms with E-state index >= 15 is 0 Å². The van der Waals surface area contributed by atoms with E-state index in [1.165, 1.54) is 9.75 Å². The van der Waals surface area contributed by atoms with Crippen LogP contribution in [-0.2, 0) is 0 Å². The largest absolute Gasteiger partial charge is 0.301 e. The van der Waals surface area contributed by atoms with Gasteiger partial charge in [0.15, 0.2) is 11.0 Å². The lowest BCUT2D eigenvalue weighted by Crippen LogP contribution is -2.00. The molecule has 0 aliphatic rings. The number of halogens is 3. The molecule has 7 heteroatoms. The van der Waals surface area contributed by atoms with Crippen molar-refractivity contribution in [3.8, 4) is 0 Å². The SMILES string of the molecule is CN=C(N=C(C)c1cc(C)sc1C)SCCC(F)=C(F)F. The third-order valence-electron chi connectivity index (χ3n) is 2.64. The number of allylic oxidation sites excluding steroid dienone is 1. The van der Waals surface area contributed by atoms with Crippen LogP contribution in [-0.4, -0.2) is 23.7 Å². The van der Waals surface area contributed by atoms with E-state index in [1.54, 1.807) is 18.4 Å². The van der Waals surface area contributed by atoms with Gasteiger partial charge in [-0.25, -0.2) is 9.38 Å². The van der Waals surface area contributed by atoms with Gasteiger partial charge in [-0.1, -0.05) is 11.8 Å². The summed E-state index contributed by atoms with van der Waals surface area (Å²) in [6.07, 6.45) is -2.58. The second-order valence-electron chi connectivity index (χ2n) is 4.29. The minimum Gasteiger partial charge on any atom is -0.264 e. The molecular formula is C14H17F3N2S2. The highest BCUT2D eigenvalue weighted by molar-refractivity contribution is 8.13. The van der Waals surface area contributed by atoms with Gasteiger partial charge in [-0.05, 0) is 26.8 Å². The highest BCUT2D eigenvalue weighted by atomic mass is 32.2. The van der Waals surface area contributed by atoms with Crippen molar-refractivity contribution in [2.24, 2.45) is 9.98 Å². The summed E-state index contributed by atoms with van der Waals surface area (Å²) in [5.41, 5.74) is 1.87. The van der Waals surface area contributed by atoms with Gasteiger partial charge in [0, 0.05) is 40.3 Å². The second kappa shape index (κ2) is 8.38. The standard InChI is InChI=1S/C14H17F3N2S2/c1-8-7-11(10(3)21-8)9(2)19-14(18-4)20-6-5-12(15)13(16)17/h7H,5-6H2,1-4H3. The van der Waals surface area contributed by atoms with Crippen LogP contribution in [0.15, 0.2) is 28.0 Å². The number of thiophene rings is 1. The van der Waals surface area contributed by atoms with E-state index in [4.69, 9.17) is 0 Å². The fraction of sp³-hybridized carbons (Fsp3) is 0.429. The first-order chi connectivity index (χ1) is 9.85. The van der Waals surface area contributed by atoms with E-state index < -0.39 is 11.9 Å². The minimum atomic E-state index is -2.25. The summed E-state index contributed by atoms with van der Waals surface area (Å²) in [5, 5.41) is 0.461. The Kier molecular flexibility index (Phi) is 7.17. The van der Waals surface area contributed by atoms with Crippen LogP contribution < -0.4 is 0 Å². The van der Waals surface area contributed by atoms with Gasteiger partial charge in [-0.3, -0.25) is 4.99 Å². The Hall–Kier alpha value is -1.08. The smallest absolute Gasteiger partial charge is 0.264 e. The van der Waals surface area contributed by atoms with Crippen LogP contribution in [0.5, 0.6) is 0 Å². The summed E-state index contributed by atoms with van der Waals surface area (Å²) in [4.78, 5) is 10.8. The fourth-order valence-corrected chi connectivity index (χ4v) is 3.44. The van der Waals surface area contributed by atoms with E-state index in [9.17, 15) is 13.2 Å². The zero-order valence-corrected chi connectivity index (χ0v) is 14.0. The zero-order valence-electron chi connectivity index (χ0n) is 12.3. The molecule has 0 aliphatic carbocycles. The van der Waals surface area contributed by atoms with Crippen LogP contribution in [0.4, 0.5) is 13.2 Å². The fourth-order valence-electron chi connectivity index (χ4n) is 1.67. The predicted octanol–water partition coefficient (Wildman–Crippen LogP) is 5.36. The molecule has 0 fully saturated rings. The Labute approximate surface area is 130 Å². The highest BCUT2D eigenvalue weighted by Gasteiger charge is 2.09. The van der Waals surface area contributed by atoms with Gasteiger partial charge in [0.25, 0.3) is 0 Å². The van der Waals surface area contributed by atoms with Crippen LogP contribution >= 0.6 is 23.1 Å². The van der Waals surface area contributed by atoms with E-state index in [2.05, 4.69) is 16.1 Å². The first-order valence-electron chi connectivity index (χ1n) is 6.27. The maximum absolute atomic E-state index is 12.7. The molecule has 0 N–H and O–H groups in total. The monoisotopic (exact) mass is 334 g/mol. The molecular weight excluding hydrogens is 317 g/mol. The highest BCUT2D eigenvalue weighted by Crippen LogP contribution is 2.22. The minimum absolute atomic E-state index is 0.175. The molecule has 1 heterocycles. The van der Waals surface area contributed by atoms with Crippen molar-refractivity contribution in [2.45, 2.75) is 27.2 Å². The van der Waals surface area contributed by atoms with Gasteiger partial charge in [0.1, 0.15) is 0 Å². The van der Waals surface area contributed by atoms with Gasteiger partial charge in [-0.15, -0.1) is 11.3 Å². The molecule has 116 valence electrons. The lowest BCUT2D eigenvalue weighted by molar-refractivity contribution is 0.373. The quantitative estimate of drug-likeness (QED) is 0.537. The molecule has 21 heavy (non-hydrogen) atoms. The molecule has 1 aromatic heterocycles. The molecule has 0 aliphatic heterocycles. The summed E-state index contributed by atoms with van der Waals surface area (Å²) in [6.45, 7) is 5.92. The summed E-state index contributed by atoms with van der Waals surface area (Å²) in [7, 11) is 1.58. The molecule has 0 bridgehead atoms. The van der Waals surface area contributed by atoms with Gasteiger partial charge in [0.2, 0.25) is 0 Å². The van der Waals surface area contributed by atoms with Crippen molar-refractivity contribution in [2.75, 3.05) is 12.8 Å². The van der Waals surface area contributed by atoms with Crippen molar-refractivity contribution in [3.63, 3.8) is 0 Å². The van der Waals surface area contributed by atoms with Crippen molar-refractivity contribution in [1.82, 2.24) is 0 Å². The average molecular weight is 334 g/mol. The molecule has 0 atom stereocenters. The first-order valence-corrected chi connectivity index (χ1v) is 8.07. The van der Waals surface area contributed by atoms with Crippen LogP contribution in [0.1, 0.15) is 28.7 Å². The summed E-state index contributed by atoms with van der Waals surface area (Å²) in [5.74, 6) is -1.20. The van der Waals surface area contributed by atoms with Gasteiger partial charge >= 0.3 is 6.08 Å². The summed E-state index contributed by atoms with van der Waals surface area (Å²) in [6, 6.07) is 2.05. The van der Waals surface area contributed by atoms with E-state index in [0.717, 1.165) is 23.0 Å². The van der Waals surface area contributed by atoms with Crippen LogP contribution in [0, 0.1) is 13.8 Å². The Morgan fingerprint density at radius 3 is 2.43 bits per heavy atom. The third kappa shape index (κ3) is 5.67. The van der Waals surface area contributed by atoms with Crippen molar-refractivity contribution in [3.05, 3.63) is 33.3 Å². The zero-order chi connectivity index (χ0) is 16.0. The number of hydrogen-bond acceptors (Lipinski definition) is 3. The number of aryl methyl sites for hydroxylation is 2. The number of hydrogen-bond donors (Lipinski definition) is 0. The third-order valence-corrected chi connectivity index (χ3v) is 4.55. The van der Waals surface area contributed by atoms with Crippen molar-refractivity contribution in [1.29, 1.82) is 0 Å². The van der Waals surface area contributed by atoms with Crippen LogP contribution in [0.3, 0.4) is 0 Å². The Balaban J connectivity index is 2.72. The normalized spacial score (nSPS) is 12.7. The van der Waals surface area contributed by atoms with E-state index in [1.807, 2.05) is 20.8 Å². The molecule has 0 saturated carbocycles. The first kappa shape index (κ1) is 18.0. The lowest BCUT2D eigenvalue weighted by Gasteiger charge is -2.03. The Morgan fingerprint density at radius 2 is 1.95 bits per heavy atom. The number of rotatable bonds is 4. The summed E-state index contributed by atoms with van der Waals surface area (Å²) < 4.78 is 36.6. The molecule has 1 rings (SSSR count).